The van der Waals surface area contributed by atoms with Crippen LogP contribution in [0.2, 0.25) is 0 Å². The number of aromatic nitrogens is 1. The number of rotatable bonds is 4. The molecule has 1 fully saturated rings. The van der Waals surface area contributed by atoms with Gasteiger partial charge in [-0.2, -0.15) is 0 Å². The molecule has 2 heterocycles. The standard InChI is InChI=1S/C18H17N3O4/c1-12(17(23)21-11-10-20-18(21)24)25-15(22)8-7-14-5-2-4-13-6-3-9-19-16(13)14/h2-9,12H,10-11H2,1H3,(H,20,24)/b8-7-/t12-/m1/s1. The Morgan fingerprint density at radius 1 is 1.32 bits per heavy atom. The number of hydrogen-bond donors (Lipinski definition) is 1. The molecule has 2 aromatic rings. The molecule has 0 saturated carbocycles. The minimum absolute atomic E-state index is 0.275. The fourth-order valence-electron chi connectivity index (χ4n) is 2.59. The van der Waals surface area contributed by atoms with Gasteiger partial charge in [0.25, 0.3) is 5.91 Å². The molecular weight excluding hydrogens is 322 g/mol. The van der Waals surface area contributed by atoms with E-state index in [0.717, 1.165) is 21.4 Å². The van der Waals surface area contributed by atoms with Gasteiger partial charge in [0.1, 0.15) is 0 Å². The lowest BCUT2D eigenvalue weighted by Gasteiger charge is -2.17. The molecule has 1 aliphatic heterocycles. The van der Waals surface area contributed by atoms with Crippen molar-refractivity contribution in [1.82, 2.24) is 15.2 Å². The summed E-state index contributed by atoms with van der Waals surface area (Å²) in [5.74, 6) is -1.20. The van der Waals surface area contributed by atoms with Gasteiger partial charge in [-0.25, -0.2) is 9.59 Å². The normalized spacial score (nSPS) is 15.4. The Morgan fingerprint density at radius 2 is 2.12 bits per heavy atom. The molecular formula is C18H17N3O4. The van der Waals surface area contributed by atoms with Crippen LogP contribution in [0.4, 0.5) is 4.79 Å². The second-order valence-electron chi connectivity index (χ2n) is 5.56. The molecule has 0 aliphatic carbocycles. The first-order chi connectivity index (χ1) is 12.1. The average Bonchev–Trinajstić information content (AvgIpc) is 3.05. The minimum Gasteiger partial charge on any atom is -0.449 e. The van der Waals surface area contributed by atoms with Gasteiger partial charge in [0, 0.05) is 36.3 Å². The van der Waals surface area contributed by atoms with E-state index in [-0.39, 0.29) is 6.54 Å². The molecule has 1 atom stereocenters. The molecule has 25 heavy (non-hydrogen) atoms. The topological polar surface area (TPSA) is 88.6 Å². The minimum atomic E-state index is -1.04. The van der Waals surface area contributed by atoms with Crippen LogP contribution in [0.5, 0.6) is 0 Å². The predicted octanol–water partition coefficient (Wildman–Crippen LogP) is 1.73. The molecule has 7 nitrogen and oxygen atoms in total. The number of para-hydroxylation sites is 1. The maximum atomic E-state index is 12.1. The third kappa shape index (κ3) is 3.65. The van der Waals surface area contributed by atoms with E-state index in [1.54, 1.807) is 12.3 Å². The van der Waals surface area contributed by atoms with Crippen molar-refractivity contribution in [3.63, 3.8) is 0 Å². The van der Waals surface area contributed by atoms with Crippen molar-refractivity contribution in [1.29, 1.82) is 0 Å². The van der Waals surface area contributed by atoms with Gasteiger partial charge in [-0.3, -0.25) is 14.7 Å². The number of nitrogens with zero attached hydrogens (tertiary/aromatic N) is 2. The van der Waals surface area contributed by atoms with Gasteiger partial charge in [-0.15, -0.1) is 0 Å². The van der Waals surface area contributed by atoms with E-state index >= 15 is 0 Å². The van der Waals surface area contributed by atoms with E-state index in [0.29, 0.717) is 6.54 Å². The fourth-order valence-corrected chi connectivity index (χ4v) is 2.59. The molecule has 1 aromatic carbocycles. The second-order valence-corrected chi connectivity index (χ2v) is 5.56. The second kappa shape index (κ2) is 7.12. The summed E-state index contributed by atoms with van der Waals surface area (Å²) in [5.41, 5.74) is 1.54. The van der Waals surface area contributed by atoms with Crippen LogP contribution in [0, 0.1) is 0 Å². The molecule has 1 saturated heterocycles. The number of nitrogens with one attached hydrogen (secondary N) is 1. The zero-order valence-corrected chi connectivity index (χ0v) is 13.6. The van der Waals surface area contributed by atoms with Crippen molar-refractivity contribution in [3.05, 3.63) is 48.2 Å². The van der Waals surface area contributed by atoms with Crippen LogP contribution in [0.15, 0.2) is 42.6 Å². The molecule has 128 valence electrons. The summed E-state index contributed by atoms with van der Waals surface area (Å²) in [6, 6.07) is 8.94. The summed E-state index contributed by atoms with van der Waals surface area (Å²) in [6.45, 7) is 2.12. The third-order valence-corrected chi connectivity index (χ3v) is 3.83. The van der Waals surface area contributed by atoms with Gasteiger partial charge in [0.15, 0.2) is 6.10 Å². The number of esters is 1. The molecule has 0 bridgehead atoms. The molecule has 3 rings (SSSR count). The van der Waals surface area contributed by atoms with Crippen LogP contribution in [0.25, 0.3) is 17.0 Å². The van der Waals surface area contributed by atoms with Crippen molar-refractivity contribution in [2.24, 2.45) is 0 Å². The molecule has 1 N–H and O–H groups in total. The Balaban J connectivity index is 1.66. The highest BCUT2D eigenvalue weighted by Crippen LogP contribution is 2.17. The number of carbonyl (C=O) groups excluding carboxylic acids is 3. The van der Waals surface area contributed by atoms with E-state index in [9.17, 15) is 14.4 Å². The number of urea groups is 1. The molecule has 1 aromatic heterocycles. The first kappa shape index (κ1) is 16.6. The van der Waals surface area contributed by atoms with Gasteiger partial charge in [-0.05, 0) is 19.1 Å². The van der Waals surface area contributed by atoms with Crippen LogP contribution in [0.3, 0.4) is 0 Å². The molecule has 7 heteroatoms. The van der Waals surface area contributed by atoms with Gasteiger partial charge >= 0.3 is 12.0 Å². The third-order valence-electron chi connectivity index (χ3n) is 3.83. The quantitative estimate of drug-likeness (QED) is 0.677. The highest BCUT2D eigenvalue weighted by Gasteiger charge is 2.31. The summed E-state index contributed by atoms with van der Waals surface area (Å²) in [5, 5.41) is 3.49. The average molecular weight is 339 g/mol. The maximum Gasteiger partial charge on any atom is 0.331 e. The van der Waals surface area contributed by atoms with E-state index in [1.165, 1.54) is 13.0 Å². The number of imide groups is 1. The Morgan fingerprint density at radius 3 is 2.88 bits per heavy atom. The summed E-state index contributed by atoms with van der Waals surface area (Å²) in [4.78, 5) is 40.9. The number of ether oxygens (including phenoxy) is 1. The largest absolute Gasteiger partial charge is 0.449 e. The maximum absolute atomic E-state index is 12.1. The van der Waals surface area contributed by atoms with E-state index in [4.69, 9.17) is 4.74 Å². The first-order valence-corrected chi connectivity index (χ1v) is 7.88. The number of amides is 3. The van der Waals surface area contributed by atoms with Crippen LogP contribution < -0.4 is 5.32 Å². The Hall–Kier alpha value is -3.22. The van der Waals surface area contributed by atoms with Crippen LogP contribution >= 0.6 is 0 Å². The first-order valence-electron chi connectivity index (χ1n) is 7.88. The van der Waals surface area contributed by atoms with Crippen molar-refractivity contribution >= 4 is 34.9 Å². The van der Waals surface area contributed by atoms with E-state index in [2.05, 4.69) is 10.3 Å². The van der Waals surface area contributed by atoms with Gasteiger partial charge in [0.2, 0.25) is 0 Å². The molecule has 0 spiro atoms. The monoisotopic (exact) mass is 339 g/mol. The van der Waals surface area contributed by atoms with Gasteiger partial charge in [-0.1, -0.05) is 24.3 Å². The highest BCUT2D eigenvalue weighted by atomic mass is 16.5. The lowest BCUT2D eigenvalue weighted by molar-refractivity contribution is -0.153. The van der Waals surface area contributed by atoms with E-state index in [1.807, 2.05) is 30.3 Å². The van der Waals surface area contributed by atoms with Gasteiger partial charge in [0.05, 0.1) is 5.52 Å². The summed E-state index contributed by atoms with van der Waals surface area (Å²) in [6.07, 6.45) is 3.49. The zero-order valence-electron chi connectivity index (χ0n) is 13.6. The molecule has 0 radical (unpaired) electrons. The number of carbonyl (C=O) groups is 3. The Kier molecular flexibility index (Phi) is 4.74. The summed E-state index contributed by atoms with van der Waals surface area (Å²) >= 11 is 0. The molecule has 0 unspecified atom stereocenters. The van der Waals surface area contributed by atoms with Crippen molar-refractivity contribution in [2.45, 2.75) is 13.0 Å². The molecule has 3 amide bonds. The number of hydrogen-bond acceptors (Lipinski definition) is 5. The van der Waals surface area contributed by atoms with Crippen LogP contribution in [-0.4, -0.2) is 47.0 Å². The highest BCUT2D eigenvalue weighted by molar-refractivity contribution is 5.99. The van der Waals surface area contributed by atoms with Crippen molar-refractivity contribution in [3.8, 4) is 0 Å². The SMILES string of the molecule is C[C@@H](OC(=O)/C=C\c1cccc2cccnc12)C(=O)N1CCNC1=O. The number of benzene rings is 1. The predicted molar refractivity (Wildman–Crippen MR) is 91.4 cm³/mol. The van der Waals surface area contributed by atoms with Crippen LogP contribution in [0.1, 0.15) is 12.5 Å². The molecule has 1 aliphatic rings. The van der Waals surface area contributed by atoms with Crippen molar-refractivity contribution in [2.75, 3.05) is 13.1 Å². The lowest BCUT2D eigenvalue weighted by Crippen LogP contribution is -2.41. The Bertz CT molecular complexity index is 857. The van der Waals surface area contributed by atoms with Crippen molar-refractivity contribution < 1.29 is 19.1 Å². The fraction of sp³-hybridized carbons (Fsp3) is 0.222. The Labute approximate surface area is 144 Å². The summed E-state index contributed by atoms with van der Waals surface area (Å²) in [7, 11) is 0. The van der Waals surface area contributed by atoms with Gasteiger partial charge < -0.3 is 10.1 Å². The summed E-state index contributed by atoms with van der Waals surface area (Å²) < 4.78 is 5.09. The number of fused-ring (bicyclic) bond motifs is 1. The van der Waals surface area contributed by atoms with Crippen LogP contribution in [-0.2, 0) is 14.3 Å². The smallest absolute Gasteiger partial charge is 0.331 e. The number of pyridine rings is 1. The lowest BCUT2D eigenvalue weighted by atomic mass is 10.1. The zero-order chi connectivity index (χ0) is 17.8. The van der Waals surface area contributed by atoms with E-state index < -0.39 is 24.0 Å².